The molecule has 0 aromatic carbocycles. The number of piperidine rings is 1. The van der Waals surface area contributed by atoms with Crippen LogP contribution in [-0.4, -0.2) is 40.1 Å². The second-order valence-electron chi connectivity index (χ2n) is 7.72. The number of anilines is 1. The average Bonchev–Trinajstić information content (AvgIpc) is 2.74. The number of nitriles is 1. The Balaban J connectivity index is 1.68. The molecule has 2 aromatic heterocycles. The van der Waals surface area contributed by atoms with E-state index in [1.807, 2.05) is 17.6 Å². The van der Waals surface area contributed by atoms with Crippen molar-refractivity contribution in [1.82, 2.24) is 19.9 Å². The molecule has 0 saturated carbocycles. The Bertz CT molecular complexity index is 1010. The highest BCUT2D eigenvalue weighted by Gasteiger charge is 2.41. The van der Waals surface area contributed by atoms with Gasteiger partial charge in [0.05, 0.1) is 6.04 Å². The predicted octanol–water partition coefficient (Wildman–Crippen LogP) is 1.59. The number of hydrogen-bond acceptors (Lipinski definition) is 6. The number of nitrogens with one attached hydrogen (secondary N) is 1. The van der Waals surface area contributed by atoms with Gasteiger partial charge < -0.3 is 14.8 Å². The summed E-state index contributed by atoms with van der Waals surface area (Å²) in [6.07, 6.45) is 5.33. The standard InChI is InChI=1S/C21H24N6O2/c1-2-4-19(28)25-11-18-15-9-14(17-5-3-6-20(29)27(17)18)12-26(13-15)21-16(10-22)23-7-8-24-21/h3,5-8,14-15,18H,2,4,9,11-13H2,1H3,(H,25,28)/t14-,15+,18+/m1/s1. The molecule has 29 heavy (non-hydrogen) atoms. The number of aromatic nitrogens is 3. The van der Waals surface area contributed by atoms with Gasteiger partial charge in [0.15, 0.2) is 11.5 Å². The maximum absolute atomic E-state index is 12.7. The van der Waals surface area contributed by atoms with Gasteiger partial charge in [-0.1, -0.05) is 13.0 Å². The van der Waals surface area contributed by atoms with E-state index in [9.17, 15) is 14.9 Å². The van der Waals surface area contributed by atoms with Crippen LogP contribution < -0.4 is 15.8 Å². The van der Waals surface area contributed by atoms with E-state index >= 15 is 0 Å². The van der Waals surface area contributed by atoms with Crippen LogP contribution in [0, 0.1) is 17.2 Å². The smallest absolute Gasteiger partial charge is 0.251 e. The summed E-state index contributed by atoms with van der Waals surface area (Å²) in [6.45, 7) is 3.74. The average molecular weight is 392 g/mol. The lowest BCUT2D eigenvalue weighted by Gasteiger charge is -2.47. The first-order valence-electron chi connectivity index (χ1n) is 10.1. The lowest BCUT2D eigenvalue weighted by Crippen LogP contribution is -2.52. The molecule has 4 rings (SSSR count). The van der Waals surface area contributed by atoms with Gasteiger partial charge in [-0.2, -0.15) is 5.26 Å². The Morgan fingerprint density at radius 2 is 2.14 bits per heavy atom. The summed E-state index contributed by atoms with van der Waals surface area (Å²) in [5.74, 6) is 0.925. The quantitative estimate of drug-likeness (QED) is 0.829. The van der Waals surface area contributed by atoms with Gasteiger partial charge in [0.2, 0.25) is 5.91 Å². The zero-order chi connectivity index (χ0) is 20.4. The molecule has 1 saturated heterocycles. The number of carbonyl (C=O) groups is 1. The van der Waals surface area contributed by atoms with E-state index in [4.69, 9.17) is 0 Å². The van der Waals surface area contributed by atoms with Crippen LogP contribution in [0.3, 0.4) is 0 Å². The van der Waals surface area contributed by atoms with Gasteiger partial charge >= 0.3 is 0 Å². The molecule has 8 heteroatoms. The third kappa shape index (κ3) is 3.60. The van der Waals surface area contributed by atoms with Crippen molar-refractivity contribution < 1.29 is 4.79 Å². The summed E-state index contributed by atoms with van der Waals surface area (Å²) in [4.78, 5) is 35.4. The number of hydrogen-bond donors (Lipinski definition) is 1. The summed E-state index contributed by atoms with van der Waals surface area (Å²) >= 11 is 0. The fraction of sp³-hybridized carbons (Fsp3) is 0.476. The maximum Gasteiger partial charge on any atom is 0.251 e. The van der Waals surface area contributed by atoms with Gasteiger partial charge in [0.25, 0.3) is 5.56 Å². The van der Waals surface area contributed by atoms with Crippen LogP contribution in [0.2, 0.25) is 0 Å². The van der Waals surface area contributed by atoms with Crippen molar-refractivity contribution in [2.45, 2.75) is 38.1 Å². The van der Waals surface area contributed by atoms with Crippen molar-refractivity contribution in [3.8, 4) is 6.07 Å². The lowest BCUT2D eigenvalue weighted by atomic mass is 9.78. The molecule has 4 heterocycles. The minimum atomic E-state index is -0.124. The predicted molar refractivity (Wildman–Crippen MR) is 107 cm³/mol. The Kier molecular flexibility index (Phi) is 5.30. The normalized spacial score (nSPS) is 22.5. The fourth-order valence-corrected chi connectivity index (χ4v) is 4.65. The fourth-order valence-electron chi connectivity index (χ4n) is 4.65. The number of nitrogens with zero attached hydrogens (tertiary/aromatic N) is 5. The van der Waals surface area contributed by atoms with Crippen molar-refractivity contribution in [2.24, 2.45) is 5.92 Å². The van der Waals surface area contributed by atoms with Crippen molar-refractivity contribution in [3.63, 3.8) is 0 Å². The van der Waals surface area contributed by atoms with Crippen LogP contribution in [0.25, 0.3) is 0 Å². The van der Waals surface area contributed by atoms with Gasteiger partial charge in [-0.25, -0.2) is 9.97 Å². The Hall–Kier alpha value is -3.21. The van der Waals surface area contributed by atoms with Crippen molar-refractivity contribution in [1.29, 1.82) is 5.26 Å². The van der Waals surface area contributed by atoms with E-state index in [1.165, 1.54) is 6.20 Å². The number of pyridine rings is 1. The summed E-state index contributed by atoms with van der Waals surface area (Å²) in [7, 11) is 0. The Labute approximate surface area is 169 Å². The molecule has 2 aliphatic rings. The largest absolute Gasteiger partial charge is 0.354 e. The van der Waals surface area contributed by atoms with Gasteiger partial charge in [0.1, 0.15) is 6.07 Å². The van der Waals surface area contributed by atoms with Crippen LogP contribution in [0.15, 0.2) is 35.4 Å². The molecule has 1 fully saturated rings. The van der Waals surface area contributed by atoms with E-state index in [2.05, 4.69) is 26.3 Å². The SMILES string of the molecule is CCCC(=O)NC[C@H]1[C@H]2C[C@H](CN(c3nccnc3C#N)C2)c2cccc(=O)n21. The summed E-state index contributed by atoms with van der Waals surface area (Å²) in [5.41, 5.74) is 1.26. The van der Waals surface area contributed by atoms with E-state index in [-0.39, 0.29) is 29.3 Å². The van der Waals surface area contributed by atoms with Crippen LogP contribution in [0.1, 0.15) is 49.5 Å². The van der Waals surface area contributed by atoms with Gasteiger partial charge in [-0.3, -0.25) is 9.59 Å². The van der Waals surface area contributed by atoms with Crippen LogP contribution in [0.4, 0.5) is 5.82 Å². The molecule has 8 nitrogen and oxygen atoms in total. The lowest BCUT2D eigenvalue weighted by molar-refractivity contribution is -0.121. The number of amides is 1. The highest BCUT2D eigenvalue weighted by molar-refractivity contribution is 5.75. The highest BCUT2D eigenvalue weighted by Crippen LogP contribution is 2.42. The molecular formula is C21H24N6O2. The minimum absolute atomic E-state index is 0.00788. The molecule has 2 aliphatic heterocycles. The van der Waals surface area contributed by atoms with Gasteiger partial charge in [0, 0.05) is 56.1 Å². The van der Waals surface area contributed by atoms with Gasteiger partial charge in [-0.15, -0.1) is 0 Å². The molecule has 2 aromatic rings. The highest BCUT2D eigenvalue weighted by atomic mass is 16.1. The molecule has 1 N–H and O–H groups in total. The molecular weight excluding hydrogens is 368 g/mol. The Morgan fingerprint density at radius 1 is 1.31 bits per heavy atom. The maximum atomic E-state index is 12.7. The van der Waals surface area contributed by atoms with E-state index < -0.39 is 0 Å². The minimum Gasteiger partial charge on any atom is -0.354 e. The van der Waals surface area contributed by atoms with Crippen molar-refractivity contribution in [2.75, 3.05) is 24.5 Å². The zero-order valence-corrected chi connectivity index (χ0v) is 16.4. The summed E-state index contributed by atoms with van der Waals surface area (Å²) < 4.78 is 1.87. The molecule has 2 bridgehead atoms. The molecule has 0 spiro atoms. The first-order valence-corrected chi connectivity index (χ1v) is 10.1. The molecule has 150 valence electrons. The monoisotopic (exact) mass is 392 g/mol. The first-order chi connectivity index (χ1) is 14.1. The van der Waals surface area contributed by atoms with E-state index in [1.54, 1.807) is 18.3 Å². The van der Waals surface area contributed by atoms with E-state index in [0.29, 0.717) is 37.6 Å². The van der Waals surface area contributed by atoms with E-state index in [0.717, 1.165) is 18.5 Å². The molecule has 0 aliphatic carbocycles. The first kappa shape index (κ1) is 19.1. The van der Waals surface area contributed by atoms with Crippen LogP contribution in [0.5, 0.6) is 0 Å². The Morgan fingerprint density at radius 3 is 2.93 bits per heavy atom. The van der Waals surface area contributed by atoms with Crippen LogP contribution >= 0.6 is 0 Å². The second kappa shape index (κ2) is 8.03. The third-order valence-corrected chi connectivity index (χ3v) is 5.87. The summed E-state index contributed by atoms with van der Waals surface area (Å²) in [5, 5.41) is 12.4. The summed E-state index contributed by atoms with van der Waals surface area (Å²) in [6, 6.07) is 7.37. The van der Waals surface area contributed by atoms with Crippen molar-refractivity contribution >= 4 is 11.7 Å². The molecule has 0 radical (unpaired) electrons. The number of fused-ring (bicyclic) bond motifs is 4. The second-order valence-corrected chi connectivity index (χ2v) is 7.72. The van der Waals surface area contributed by atoms with Gasteiger partial charge in [-0.05, 0) is 24.8 Å². The zero-order valence-electron chi connectivity index (χ0n) is 16.4. The third-order valence-electron chi connectivity index (χ3n) is 5.87. The molecule has 3 atom stereocenters. The molecule has 1 amide bonds. The number of carbonyl (C=O) groups excluding carboxylic acids is 1. The number of rotatable bonds is 5. The topological polar surface area (TPSA) is 104 Å². The molecule has 0 unspecified atom stereocenters. The van der Waals surface area contributed by atoms with Crippen molar-refractivity contribution in [3.05, 3.63) is 52.3 Å². The van der Waals surface area contributed by atoms with Crippen LogP contribution in [-0.2, 0) is 4.79 Å².